The number of rotatable bonds is 2. The molecular formula is C17H19NO. The van der Waals surface area contributed by atoms with Crippen LogP contribution < -0.4 is 4.73 Å². The van der Waals surface area contributed by atoms with Gasteiger partial charge in [0, 0.05) is 23.6 Å². The first-order chi connectivity index (χ1) is 9.36. The van der Waals surface area contributed by atoms with E-state index in [0.717, 1.165) is 34.5 Å². The first kappa shape index (κ1) is 12.2. The lowest BCUT2D eigenvalue weighted by Crippen LogP contribution is -2.36. The topological polar surface area (TPSA) is 26.9 Å². The molecule has 0 unspecified atom stereocenters. The molecule has 0 spiro atoms. The monoisotopic (exact) mass is 253 g/mol. The van der Waals surface area contributed by atoms with Gasteiger partial charge in [-0.05, 0) is 31.0 Å². The van der Waals surface area contributed by atoms with Crippen LogP contribution in [-0.4, -0.2) is 0 Å². The van der Waals surface area contributed by atoms with Gasteiger partial charge in [0.1, 0.15) is 0 Å². The fourth-order valence-electron chi connectivity index (χ4n) is 3.03. The first-order valence-electron chi connectivity index (χ1n) is 7.14. The van der Waals surface area contributed by atoms with Crippen molar-refractivity contribution < 1.29 is 4.73 Å². The lowest BCUT2D eigenvalue weighted by Gasteiger charge is -2.21. The number of pyridine rings is 1. The van der Waals surface area contributed by atoms with E-state index in [1.54, 1.807) is 0 Å². The second kappa shape index (κ2) is 5.43. The van der Waals surface area contributed by atoms with Gasteiger partial charge in [0.2, 0.25) is 5.69 Å². The van der Waals surface area contributed by atoms with Gasteiger partial charge in [0.25, 0.3) is 0 Å². The van der Waals surface area contributed by atoms with Gasteiger partial charge in [-0.25, -0.2) is 0 Å². The number of benzene rings is 1. The summed E-state index contributed by atoms with van der Waals surface area (Å²) in [7, 11) is 0. The Morgan fingerprint density at radius 1 is 0.842 bits per heavy atom. The minimum atomic E-state index is 0.440. The average molecular weight is 253 g/mol. The van der Waals surface area contributed by atoms with Gasteiger partial charge in [-0.3, -0.25) is 0 Å². The molecular weight excluding hydrogens is 234 g/mol. The van der Waals surface area contributed by atoms with Crippen molar-refractivity contribution in [2.75, 3.05) is 0 Å². The van der Waals surface area contributed by atoms with Crippen LogP contribution in [0.2, 0.25) is 0 Å². The molecule has 2 nitrogen and oxygen atoms in total. The van der Waals surface area contributed by atoms with Gasteiger partial charge in [-0.15, -0.1) is 0 Å². The van der Waals surface area contributed by atoms with Crippen LogP contribution in [0.3, 0.4) is 0 Å². The van der Waals surface area contributed by atoms with E-state index in [1.807, 2.05) is 48.5 Å². The molecule has 0 N–H and O–H groups in total. The summed E-state index contributed by atoms with van der Waals surface area (Å²) >= 11 is 0. The summed E-state index contributed by atoms with van der Waals surface area (Å²) in [6, 6.07) is 15.8. The highest BCUT2D eigenvalue weighted by molar-refractivity contribution is 5.55. The highest BCUT2D eigenvalue weighted by atomic mass is 16.5. The number of hydrogen-bond donors (Lipinski definition) is 0. The normalized spacial score (nSPS) is 16.4. The largest absolute Gasteiger partial charge is 0.618 e. The lowest BCUT2D eigenvalue weighted by molar-refractivity contribution is -0.604. The third-order valence-corrected chi connectivity index (χ3v) is 4.07. The SMILES string of the molecule is [O-][n+]1c(-c2ccccc2)cccc1C1CCCCC1. The number of nitrogens with zero attached hydrogens (tertiary/aromatic N) is 1. The fourth-order valence-corrected chi connectivity index (χ4v) is 3.03. The van der Waals surface area contributed by atoms with E-state index < -0.39 is 0 Å². The molecule has 0 aliphatic heterocycles. The zero-order chi connectivity index (χ0) is 13.1. The highest BCUT2D eigenvalue weighted by Crippen LogP contribution is 2.31. The molecule has 1 aromatic carbocycles. The van der Waals surface area contributed by atoms with Gasteiger partial charge in [-0.1, -0.05) is 37.5 Å². The standard InChI is InChI=1S/C17H19NO/c19-18-16(14-8-3-1-4-9-14)12-7-13-17(18)15-10-5-2-6-11-15/h1,3-4,7-9,12-13,15H,2,5-6,10-11H2. The summed E-state index contributed by atoms with van der Waals surface area (Å²) in [6.45, 7) is 0. The van der Waals surface area contributed by atoms with E-state index in [4.69, 9.17) is 0 Å². The molecule has 98 valence electrons. The summed E-state index contributed by atoms with van der Waals surface area (Å²) in [5.74, 6) is 0.440. The van der Waals surface area contributed by atoms with Crippen LogP contribution >= 0.6 is 0 Å². The molecule has 0 saturated heterocycles. The highest BCUT2D eigenvalue weighted by Gasteiger charge is 2.24. The maximum absolute atomic E-state index is 12.6. The quantitative estimate of drug-likeness (QED) is 0.586. The van der Waals surface area contributed by atoms with Crippen molar-refractivity contribution in [3.05, 3.63) is 59.4 Å². The van der Waals surface area contributed by atoms with Gasteiger partial charge in [0.15, 0.2) is 5.69 Å². The van der Waals surface area contributed by atoms with Crippen molar-refractivity contribution in [3.8, 4) is 11.3 Å². The summed E-state index contributed by atoms with van der Waals surface area (Å²) in [6.07, 6.45) is 6.12. The molecule has 0 atom stereocenters. The van der Waals surface area contributed by atoms with Crippen molar-refractivity contribution in [3.63, 3.8) is 0 Å². The molecule has 1 saturated carbocycles. The van der Waals surface area contributed by atoms with Crippen molar-refractivity contribution in [1.82, 2.24) is 0 Å². The van der Waals surface area contributed by atoms with Crippen LogP contribution in [0.1, 0.15) is 43.7 Å². The maximum atomic E-state index is 12.6. The predicted octanol–water partition coefficient (Wildman–Crippen LogP) is 4.03. The van der Waals surface area contributed by atoms with Gasteiger partial charge >= 0.3 is 0 Å². The zero-order valence-corrected chi connectivity index (χ0v) is 11.1. The minimum Gasteiger partial charge on any atom is -0.618 e. The smallest absolute Gasteiger partial charge is 0.223 e. The Kier molecular flexibility index (Phi) is 3.49. The average Bonchev–Trinajstić information content (AvgIpc) is 2.49. The first-order valence-corrected chi connectivity index (χ1v) is 7.14. The van der Waals surface area contributed by atoms with E-state index in [9.17, 15) is 5.21 Å². The Morgan fingerprint density at radius 3 is 2.32 bits per heavy atom. The van der Waals surface area contributed by atoms with Crippen LogP contribution in [0, 0.1) is 5.21 Å². The minimum absolute atomic E-state index is 0.440. The van der Waals surface area contributed by atoms with Crippen LogP contribution in [0.25, 0.3) is 11.3 Å². The molecule has 3 rings (SSSR count). The van der Waals surface area contributed by atoms with Crippen LogP contribution in [0.15, 0.2) is 48.5 Å². The maximum Gasteiger partial charge on any atom is 0.223 e. The van der Waals surface area contributed by atoms with Crippen molar-refractivity contribution in [2.24, 2.45) is 0 Å². The van der Waals surface area contributed by atoms with Crippen molar-refractivity contribution in [2.45, 2.75) is 38.0 Å². The van der Waals surface area contributed by atoms with Crippen LogP contribution in [-0.2, 0) is 0 Å². The van der Waals surface area contributed by atoms with Crippen molar-refractivity contribution >= 4 is 0 Å². The molecule has 2 aromatic rings. The Hall–Kier alpha value is -1.83. The number of hydrogen-bond acceptors (Lipinski definition) is 1. The molecule has 0 bridgehead atoms. The van der Waals surface area contributed by atoms with E-state index in [2.05, 4.69) is 0 Å². The fraction of sp³-hybridized carbons (Fsp3) is 0.353. The van der Waals surface area contributed by atoms with E-state index >= 15 is 0 Å². The predicted molar refractivity (Wildman–Crippen MR) is 76.7 cm³/mol. The molecule has 19 heavy (non-hydrogen) atoms. The van der Waals surface area contributed by atoms with Crippen LogP contribution in [0.5, 0.6) is 0 Å². The molecule has 1 aliphatic rings. The second-order valence-corrected chi connectivity index (χ2v) is 5.33. The molecule has 0 amide bonds. The van der Waals surface area contributed by atoms with Gasteiger partial charge in [0.05, 0.1) is 0 Å². The van der Waals surface area contributed by atoms with Gasteiger partial charge in [-0.2, -0.15) is 4.73 Å². The molecule has 1 fully saturated rings. The summed E-state index contributed by atoms with van der Waals surface area (Å²) in [5.41, 5.74) is 2.71. The molecule has 1 aromatic heterocycles. The Balaban J connectivity index is 1.99. The molecule has 1 heterocycles. The Labute approximate surface area is 114 Å². The van der Waals surface area contributed by atoms with E-state index in [0.29, 0.717) is 5.92 Å². The van der Waals surface area contributed by atoms with Gasteiger partial charge < -0.3 is 5.21 Å². The third kappa shape index (κ3) is 2.48. The summed E-state index contributed by atoms with van der Waals surface area (Å²) in [5, 5.41) is 12.6. The van der Waals surface area contributed by atoms with E-state index in [1.165, 1.54) is 19.3 Å². The second-order valence-electron chi connectivity index (χ2n) is 5.33. The van der Waals surface area contributed by atoms with Crippen LogP contribution in [0.4, 0.5) is 0 Å². The molecule has 1 aliphatic carbocycles. The molecule has 0 radical (unpaired) electrons. The molecule has 2 heteroatoms. The third-order valence-electron chi connectivity index (χ3n) is 4.07. The summed E-state index contributed by atoms with van der Waals surface area (Å²) < 4.78 is 1.14. The lowest BCUT2D eigenvalue weighted by atomic mass is 9.86. The summed E-state index contributed by atoms with van der Waals surface area (Å²) in [4.78, 5) is 0. The van der Waals surface area contributed by atoms with E-state index in [-0.39, 0.29) is 0 Å². The number of aromatic nitrogens is 1. The van der Waals surface area contributed by atoms with Crippen molar-refractivity contribution in [1.29, 1.82) is 0 Å². The Morgan fingerprint density at radius 2 is 1.58 bits per heavy atom. The zero-order valence-electron chi connectivity index (χ0n) is 11.1. The Bertz CT molecular complexity index is 544.